The Balaban J connectivity index is 3.87. The van der Waals surface area contributed by atoms with Crippen LogP contribution in [0.1, 0.15) is 483 Å². The van der Waals surface area contributed by atoms with E-state index in [0.29, 0.717) is 17.4 Å². The lowest BCUT2D eigenvalue weighted by atomic mass is 10.0. The van der Waals surface area contributed by atoms with Crippen molar-refractivity contribution < 1.29 is 42.9 Å². The van der Waals surface area contributed by atoms with E-state index >= 15 is 0 Å². The maximum Gasteiger partial charge on any atom is 0.306 e. The van der Waals surface area contributed by atoms with Crippen molar-refractivity contribution in [3.63, 3.8) is 0 Å². The number of esters is 2. The van der Waals surface area contributed by atoms with E-state index in [1.165, 1.54) is 392 Å². The van der Waals surface area contributed by atoms with Gasteiger partial charge < -0.3 is 33.3 Å². The van der Waals surface area contributed by atoms with Crippen molar-refractivity contribution >= 4 is 17.9 Å². The summed E-state index contributed by atoms with van der Waals surface area (Å²) >= 11 is 0. The Hall–Kier alpha value is -2.75. The lowest BCUT2D eigenvalue weighted by Gasteiger charge is -2.26. The second-order valence-electron chi connectivity index (χ2n) is 32.9. The van der Waals surface area contributed by atoms with Crippen molar-refractivity contribution in [1.29, 1.82) is 0 Å². The molecular formula is C95H179NO8. The van der Waals surface area contributed by atoms with Crippen LogP contribution in [0, 0.1) is 0 Å². The second kappa shape index (κ2) is 85.9. The first-order valence-corrected chi connectivity index (χ1v) is 46.3. The summed E-state index contributed by atoms with van der Waals surface area (Å²) in [5.41, 5.74) is 0. The van der Waals surface area contributed by atoms with Crippen molar-refractivity contribution in [2.24, 2.45) is 0 Å². The van der Waals surface area contributed by atoms with Crippen LogP contribution >= 0.6 is 0 Å². The molecule has 0 aromatic rings. The van der Waals surface area contributed by atoms with Crippen LogP contribution in [0.5, 0.6) is 0 Å². The van der Waals surface area contributed by atoms with Gasteiger partial charge in [0.25, 0.3) is 0 Å². The number of quaternary nitrogens is 1. The van der Waals surface area contributed by atoms with Gasteiger partial charge in [-0.3, -0.25) is 9.59 Å². The predicted molar refractivity (Wildman–Crippen MR) is 449 cm³/mol. The summed E-state index contributed by atoms with van der Waals surface area (Å²) in [6.07, 6.45) is 112. The van der Waals surface area contributed by atoms with Gasteiger partial charge in [-0.15, -0.1) is 0 Å². The van der Waals surface area contributed by atoms with E-state index in [-0.39, 0.29) is 32.2 Å². The van der Waals surface area contributed by atoms with Crippen LogP contribution in [0.2, 0.25) is 0 Å². The molecule has 0 aromatic carbocycles. The number of allylic oxidation sites excluding steroid dienone is 8. The number of hydrogen-bond donors (Lipinski definition) is 0. The molecule has 0 spiro atoms. The maximum atomic E-state index is 13.0. The van der Waals surface area contributed by atoms with Crippen molar-refractivity contribution in [2.45, 2.75) is 495 Å². The molecule has 0 aliphatic rings. The minimum absolute atomic E-state index is 0.152. The van der Waals surface area contributed by atoms with Gasteiger partial charge in [0.15, 0.2) is 12.4 Å². The number of unbranched alkanes of at least 4 members (excludes halogenated alkanes) is 65. The quantitative estimate of drug-likeness (QED) is 0.0195. The summed E-state index contributed by atoms with van der Waals surface area (Å²) in [7, 11) is 5.96. The number of carbonyl (C=O) groups is 3. The van der Waals surface area contributed by atoms with Crippen LogP contribution in [0.25, 0.3) is 0 Å². The first-order chi connectivity index (χ1) is 51.1. The fraction of sp³-hybridized carbons (Fsp3) is 0.884. The molecule has 0 fully saturated rings. The predicted octanol–water partition coefficient (Wildman–Crippen LogP) is 29.0. The van der Waals surface area contributed by atoms with Gasteiger partial charge in [0, 0.05) is 12.8 Å². The Morgan fingerprint density at radius 3 is 0.817 bits per heavy atom. The number of carboxylic acids is 1. The first kappa shape index (κ1) is 101. The number of likely N-dealkylation sites (N-methyl/N-ethyl adjacent to an activating group) is 1. The SMILES string of the molecule is CC/C=C\C/C=C\C/C=C\C/C=C\CCCCCCCCCCCCCCCCCCCCCCCCCCCCC(=O)OC(COC(=O)CCCCCCCCCCCCCCCCCCCCCCCCCCCCCCCCCCCCCCCCCC)COC(OCC[N+](C)(C)C)C(=O)[O-]. The van der Waals surface area contributed by atoms with Gasteiger partial charge in [-0.1, -0.05) is 467 Å². The summed E-state index contributed by atoms with van der Waals surface area (Å²) in [4.78, 5) is 37.7. The van der Waals surface area contributed by atoms with Gasteiger partial charge in [-0.25, -0.2) is 0 Å². The Bertz CT molecular complexity index is 1850. The molecule has 104 heavy (non-hydrogen) atoms. The van der Waals surface area contributed by atoms with E-state index in [9.17, 15) is 19.5 Å². The van der Waals surface area contributed by atoms with E-state index in [1.54, 1.807) is 0 Å². The van der Waals surface area contributed by atoms with Gasteiger partial charge in [-0.2, -0.15) is 0 Å². The van der Waals surface area contributed by atoms with Gasteiger partial charge in [0.05, 0.1) is 40.3 Å². The number of carboxylic acid groups (broad SMARTS) is 1. The lowest BCUT2D eigenvalue weighted by Crippen LogP contribution is -2.44. The van der Waals surface area contributed by atoms with Crippen LogP contribution in [0.15, 0.2) is 48.6 Å². The average molecular weight is 1460 g/mol. The van der Waals surface area contributed by atoms with Crippen molar-refractivity contribution in [2.75, 3.05) is 47.5 Å². The molecule has 0 heterocycles. The van der Waals surface area contributed by atoms with Crippen molar-refractivity contribution in [1.82, 2.24) is 0 Å². The van der Waals surface area contributed by atoms with Gasteiger partial charge in [0.2, 0.25) is 0 Å². The Morgan fingerprint density at radius 2 is 0.548 bits per heavy atom. The minimum atomic E-state index is -1.62. The minimum Gasteiger partial charge on any atom is -0.545 e. The second-order valence-corrected chi connectivity index (χ2v) is 32.9. The monoisotopic (exact) mass is 1460 g/mol. The molecule has 2 unspecified atom stereocenters. The van der Waals surface area contributed by atoms with E-state index in [1.807, 2.05) is 21.1 Å². The van der Waals surface area contributed by atoms with Crippen molar-refractivity contribution in [3.8, 4) is 0 Å². The molecule has 0 saturated carbocycles. The molecule has 0 amide bonds. The number of ether oxygens (including phenoxy) is 4. The normalized spacial score (nSPS) is 12.7. The molecule has 0 N–H and O–H groups in total. The molecule has 0 radical (unpaired) electrons. The maximum absolute atomic E-state index is 13.0. The highest BCUT2D eigenvalue weighted by molar-refractivity contribution is 5.70. The Labute approximate surface area is 648 Å². The van der Waals surface area contributed by atoms with Crippen LogP contribution < -0.4 is 5.11 Å². The molecule has 0 aliphatic carbocycles. The summed E-state index contributed by atoms with van der Waals surface area (Å²) < 4.78 is 22.9. The zero-order valence-electron chi connectivity index (χ0n) is 70.4. The van der Waals surface area contributed by atoms with Crippen molar-refractivity contribution in [3.05, 3.63) is 48.6 Å². The highest BCUT2D eigenvalue weighted by atomic mass is 16.7. The van der Waals surface area contributed by atoms with Crippen LogP contribution in [-0.4, -0.2) is 82.3 Å². The molecule has 9 nitrogen and oxygen atoms in total. The molecule has 0 bridgehead atoms. The molecule has 2 atom stereocenters. The van der Waals surface area contributed by atoms with Gasteiger partial charge >= 0.3 is 11.9 Å². The lowest BCUT2D eigenvalue weighted by molar-refractivity contribution is -0.870. The highest BCUT2D eigenvalue weighted by Gasteiger charge is 2.22. The molecule has 9 heteroatoms. The molecule has 0 rings (SSSR count). The van der Waals surface area contributed by atoms with Gasteiger partial charge in [-0.05, 0) is 51.4 Å². The molecule has 612 valence electrons. The number of carbonyl (C=O) groups excluding carboxylic acids is 3. The first-order valence-electron chi connectivity index (χ1n) is 46.3. The van der Waals surface area contributed by atoms with E-state index in [4.69, 9.17) is 18.9 Å². The fourth-order valence-electron chi connectivity index (χ4n) is 14.4. The summed E-state index contributed by atoms with van der Waals surface area (Å²) in [6.45, 7) is 4.73. The largest absolute Gasteiger partial charge is 0.545 e. The average Bonchev–Trinajstić information content (AvgIpc) is 1.13. The fourth-order valence-corrected chi connectivity index (χ4v) is 14.4. The number of hydrogen-bond acceptors (Lipinski definition) is 8. The highest BCUT2D eigenvalue weighted by Crippen LogP contribution is 2.22. The van der Waals surface area contributed by atoms with Crippen LogP contribution in [-0.2, 0) is 33.3 Å². The smallest absolute Gasteiger partial charge is 0.306 e. The van der Waals surface area contributed by atoms with Crippen LogP contribution in [0.4, 0.5) is 0 Å². The third kappa shape index (κ3) is 86.5. The van der Waals surface area contributed by atoms with E-state index in [2.05, 4.69) is 62.5 Å². The standard InChI is InChI=1S/C95H179NO8/c1-6-8-10-12-14-16-18-20-22-24-26-28-30-32-34-36-38-40-42-44-46-48-49-51-53-55-57-59-61-63-65-67-69-71-73-75-77-79-81-83-85-92(97)102-89-91(90-103-95(94(99)100)101-88-87-96(3,4)5)104-93(98)86-84-82-80-78-76-74-72-70-68-66-64-62-60-58-56-54-52-50-47-45-43-41-39-37-35-33-31-29-27-25-23-21-19-17-15-13-11-9-7-2/h9,11,15,17,21,23,27,29,91,95H,6-8,10,12-14,16,18-20,22,24-26,28,30-90H2,1-5H3/b11-9-,17-15-,23-21-,29-27-. The topological polar surface area (TPSA) is 111 Å². The van der Waals surface area contributed by atoms with Crippen LogP contribution in [0.3, 0.4) is 0 Å². The zero-order valence-corrected chi connectivity index (χ0v) is 70.4. The third-order valence-corrected chi connectivity index (χ3v) is 21.3. The summed E-state index contributed by atoms with van der Waals surface area (Å²) in [5.74, 6) is -2.24. The molecule has 0 aromatic heterocycles. The third-order valence-electron chi connectivity index (χ3n) is 21.3. The zero-order chi connectivity index (χ0) is 75.3. The molecular weight excluding hydrogens is 1280 g/mol. The number of rotatable bonds is 88. The summed E-state index contributed by atoms with van der Waals surface area (Å²) in [5, 5.41) is 11.9. The Kier molecular flexibility index (Phi) is 83.6. The number of aliphatic carboxylic acids is 1. The molecule has 0 saturated heterocycles. The molecule has 0 aliphatic heterocycles. The summed E-state index contributed by atoms with van der Waals surface area (Å²) in [6, 6.07) is 0. The van der Waals surface area contributed by atoms with E-state index < -0.39 is 24.3 Å². The Morgan fingerprint density at radius 1 is 0.298 bits per heavy atom. The van der Waals surface area contributed by atoms with E-state index in [0.717, 1.165) is 64.2 Å². The van der Waals surface area contributed by atoms with Gasteiger partial charge in [0.1, 0.15) is 13.2 Å². The number of nitrogens with zero attached hydrogens (tertiary/aromatic N) is 1.